The molecule has 1 amide bonds. The minimum absolute atomic E-state index is 0.126. The molecule has 1 aliphatic heterocycles. The van der Waals surface area contributed by atoms with Gasteiger partial charge in [-0.25, -0.2) is 0 Å². The molecule has 1 saturated heterocycles. The van der Waals surface area contributed by atoms with Crippen LogP contribution < -0.4 is 5.73 Å². The molecular formula is C16H20N2OS. The molecule has 1 atom stereocenters. The summed E-state index contributed by atoms with van der Waals surface area (Å²) in [5.74, 6) is 0.303. The molecule has 0 radical (unpaired) electrons. The predicted molar refractivity (Wildman–Crippen MR) is 83.9 cm³/mol. The maximum Gasteiger partial charge on any atom is 0.253 e. The van der Waals surface area contributed by atoms with E-state index in [2.05, 4.69) is 12.1 Å². The highest BCUT2D eigenvalue weighted by atomic mass is 32.1. The highest BCUT2D eigenvalue weighted by Gasteiger charge is 2.26. The fraction of sp³-hybridized carbons (Fsp3) is 0.500. The number of thiocarbonyl (C=S) groups is 1. The van der Waals surface area contributed by atoms with E-state index in [0.29, 0.717) is 11.5 Å². The molecule has 106 valence electrons. The van der Waals surface area contributed by atoms with E-state index in [-0.39, 0.29) is 11.8 Å². The average molecular weight is 288 g/mol. The second-order valence-corrected chi connectivity index (χ2v) is 6.30. The van der Waals surface area contributed by atoms with Gasteiger partial charge in [0.05, 0.1) is 4.99 Å². The molecule has 0 saturated carbocycles. The van der Waals surface area contributed by atoms with Crippen LogP contribution in [-0.4, -0.2) is 28.9 Å². The van der Waals surface area contributed by atoms with Crippen LogP contribution in [0.25, 0.3) is 0 Å². The summed E-state index contributed by atoms with van der Waals surface area (Å²) in [6, 6.07) is 6.16. The molecule has 1 fully saturated rings. The van der Waals surface area contributed by atoms with E-state index in [1.807, 2.05) is 11.0 Å². The second kappa shape index (κ2) is 5.52. The van der Waals surface area contributed by atoms with Gasteiger partial charge in [-0.1, -0.05) is 18.3 Å². The van der Waals surface area contributed by atoms with E-state index in [9.17, 15) is 4.79 Å². The van der Waals surface area contributed by atoms with Crippen LogP contribution in [0.1, 0.15) is 40.7 Å². The lowest BCUT2D eigenvalue weighted by molar-refractivity contribution is 0.0703. The smallest absolute Gasteiger partial charge is 0.253 e. The van der Waals surface area contributed by atoms with E-state index in [4.69, 9.17) is 18.0 Å². The Kier molecular flexibility index (Phi) is 3.74. The van der Waals surface area contributed by atoms with Gasteiger partial charge in [0.25, 0.3) is 5.91 Å². The number of nitrogens with two attached hydrogens (primary N) is 1. The van der Waals surface area contributed by atoms with Crippen LogP contribution in [-0.2, 0) is 12.8 Å². The number of carbonyl (C=O) groups is 1. The number of benzene rings is 1. The molecule has 1 unspecified atom stereocenters. The van der Waals surface area contributed by atoms with Crippen LogP contribution >= 0.6 is 12.2 Å². The lowest BCUT2D eigenvalue weighted by Crippen LogP contribution is -2.43. The number of hydrogen-bond donors (Lipinski definition) is 1. The van der Waals surface area contributed by atoms with E-state index >= 15 is 0 Å². The molecule has 20 heavy (non-hydrogen) atoms. The average Bonchev–Trinajstić information content (AvgIpc) is 2.94. The van der Waals surface area contributed by atoms with Crippen molar-refractivity contribution in [2.24, 2.45) is 11.7 Å². The van der Waals surface area contributed by atoms with Crippen molar-refractivity contribution in [2.45, 2.75) is 32.1 Å². The van der Waals surface area contributed by atoms with Gasteiger partial charge >= 0.3 is 0 Å². The fourth-order valence-corrected chi connectivity index (χ4v) is 3.47. The molecule has 1 aliphatic carbocycles. The Morgan fingerprint density at radius 3 is 2.85 bits per heavy atom. The highest BCUT2D eigenvalue weighted by molar-refractivity contribution is 7.80. The van der Waals surface area contributed by atoms with Gasteiger partial charge in [-0.15, -0.1) is 0 Å². The molecule has 0 aromatic heterocycles. The van der Waals surface area contributed by atoms with Gasteiger partial charge in [0.1, 0.15) is 0 Å². The van der Waals surface area contributed by atoms with Gasteiger partial charge in [-0.05, 0) is 55.4 Å². The van der Waals surface area contributed by atoms with Crippen molar-refractivity contribution < 1.29 is 4.79 Å². The summed E-state index contributed by atoms with van der Waals surface area (Å²) >= 11 is 5.08. The molecule has 1 heterocycles. The lowest BCUT2D eigenvalue weighted by atomic mass is 9.97. The molecule has 3 nitrogen and oxygen atoms in total. The Hall–Kier alpha value is -1.42. The highest BCUT2D eigenvalue weighted by Crippen LogP contribution is 2.24. The quantitative estimate of drug-likeness (QED) is 0.850. The van der Waals surface area contributed by atoms with Crippen LogP contribution in [0.5, 0.6) is 0 Å². The normalized spacial score (nSPS) is 21.6. The number of fused-ring (bicyclic) bond motifs is 1. The number of likely N-dealkylation sites (tertiary alicyclic amines) is 1. The van der Waals surface area contributed by atoms with Gasteiger partial charge in [0.2, 0.25) is 0 Å². The van der Waals surface area contributed by atoms with Gasteiger partial charge in [0.15, 0.2) is 0 Å². The second-order valence-electron chi connectivity index (χ2n) is 5.83. The first kappa shape index (κ1) is 13.6. The molecule has 0 spiro atoms. The SMILES string of the molecule is NC(=S)C1CCCN(C(=O)c2ccc3c(c2)CCC3)C1. The molecule has 4 heteroatoms. The predicted octanol–water partition coefficient (Wildman–Crippen LogP) is 2.31. The maximum atomic E-state index is 12.6. The largest absolute Gasteiger partial charge is 0.393 e. The fourth-order valence-electron chi connectivity index (χ4n) is 3.28. The third kappa shape index (κ3) is 2.57. The summed E-state index contributed by atoms with van der Waals surface area (Å²) in [5.41, 5.74) is 9.30. The lowest BCUT2D eigenvalue weighted by Gasteiger charge is -2.32. The zero-order valence-electron chi connectivity index (χ0n) is 11.6. The number of piperidine rings is 1. The first-order valence-corrected chi connectivity index (χ1v) is 7.76. The van der Waals surface area contributed by atoms with Gasteiger partial charge in [0, 0.05) is 24.6 Å². The van der Waals surface area contributed by atoms with Crippen molar-refractivity contribution in [2.75, 3.05) is 13.1 Å². The number of amides is 1. The zero-order valence-corrected chi connectivity index (χ0v) is 12.4. The molecule has 1 aromatic carbocycles. The standard InChI is InChI=1S/C16H20N2OS/c17-15(20)14-5-2-8-18(10-14)16(19)13-7-6-11-3-1-4-12(11)9-13/h6-7,9,14H,1-5,8,10H2,(H2,17,20). The van der Waals surface area contributed by atoms with Crippen LogP contribution in [0, 0.1) is 5.92 Å². The summed E-state index contributed by atoms with van der Waals surface area (Å²) in [6.45, 7) is 1.49. The van der Waals surface area contributed by atoms with E-state index in [0.717, 1.165) is 37.8 Å². The van der Waals surface area contributed by atoms with Crippen molar-refractivity contribution in [1.29, 1.82) is 0 Å². The summed E-state index contributed by atoms with van der Waals surface area (Å²) in [7, 11) is 0. The Labute approximate surface area is 125 Å². The minimum Gasteiger partial charge on any atom is -0.393 e. The summed E-state index contributed by atoms with van der Waals surface area (Å²) < 4.78 is 0. The Balaban J connectivity index is 1.76. The number of nitrogens with zero attached hydrogens (tertiary/aromatic N) is 1. The van der Waals surface area contributed by atoms with Gasteiger partial charge in [-0.2, -0.15) is 0 Å². The minimum atomic E-state index is 0.126. The molecule has 0 bridgehead atoms. The maximum absolute atomic E-state index is 12.6. The number of carbonyl (C=O) groups excluding carboxylic acids is 1. The van der Waals surface area contributed by atoms with Crippen LogP contribution in [0.2, 0.25) is 0 Å². The first-order chi connectivity index (χ1) is 9.65. The number of rotatable bonds is 2. The molecule has 3 rings (SSSR count). The molecular weight excluding hydrogens is 268 g/mol. The molecule has 2 N–H and O–H groups in total. The monoisotopic (exact) mass is 288 g/mol. The van der Waals surface area contributed by atoms with Crippen molar-refractivity contribution in [3.63, 3.8) is 0 Å². The summed E-state index contributed by atoms with van der Waals surface area (Å²) in [6.07, 6.45) is 5.45. The van der Waals surface area contributed by atoms with Crippen molar-refractivity contribution in [3.05, 3.63) is 34.9 Å². The van der Waals surface area contributed by atoms with Crippen LogP contribution in [0.15, 0.2) is 18.2 Å². The summed E-state index contributed by atoms with van der Waals surface area (Å²) in [4.78, 5) is 15.1. The molecule has 2 aliphatic rings. The van der Waals surface area contributed by atoms with Gasteiger partial charge < -0.3 is 10.6 Å². The van der Waals surface area contributed by atoms with E-state index in [1.54, 1.807) is 0 Å². The van der Waals surface area contributed by atoms with Crippen molar-refractivity contribution >= 4 is 23.1 Å². The third-order valence-electron chi connectivity index (χ3n) is 4.46. The Morgan fingerprint density at radius 2 is 2.05 bits per heavy atom. The van der Waals surface area contributed by atoms with Crippen LogP contribution in [0.4, 0.5) is 0 Å². The van der Waals surface area contributed by atoms with E-state index < -0.39 is 0 Å². The number of hydrogen-bond acceptors (Lipinski definition) is 2. The summed E-state index contributed by atoms with van der Waals surface area (Å²) in [5, 5.41) is 0. The van der Waals surface area contributed by atoms with Crippen molar-refractivity contribution in [3.8, 4) is 0 Å². The Morgan fingerprint density at radius 1 is 1.25 bits per heavy atom. The first-order valence-electron chi connectivity index (χ1n) is 7.35. The zero-order chi connectivity index (χ0) is 14.1. The third-order valence-corrected chi connectivity index (χ3v) is 4.79. The Bertz CT molecular complexity index is 555. The van der Waals surface area contributed by atoms with E-state index in [1.165, 1.54) is 17.5 Å². The van der Waals surface area contributed by atoms with Gasteiger partial charge in [-0.3, -0.25) is 4.79 Å². The molecule has 1 aromatic rings. The van der Waals surface area contributed by atoms with Crippen molar-refractivity contribution in [1.82, 2.24) is 4.90 Å². The number of aryl methyl sites for hydroxylation is 2. The van der Waals surface area contributed by atoms with Crippen LogP contribution in [0.3, 0.4) is 0 Å². The topological polar surface area (TPSA) is 46.3 Å².